The van der Waals surface area contributed by atoms with Crippen LogP contribution >= 0.6 is 0 Å². The van der Waals surface area contributed by atoms with Gasteiger partial charge in [-0.2, -0.15) is 18.3 Å². The molecule has 0 saturated heterocycles. The summed E-state index contributed by atoms with van der Waals surface area (Å²) in [6.45, 7) is 0.371. The lowest BCUT2D eigenvalue weighted by molar-refractivity contribution is -0.136. The first-order valence-electron chi connectivity index (χ1n) is 10.2. The van der Waals surface area contributed by atoms with Gasteiger partial charge in [-0.1, -0.05) is 91.0 Å². The molecule has 2 nitrogen and oxygen atoms in total. The van der Waals surface area contributed by atoms with Gasteiger partial charge in [0.05, 0.1) is 17.8 Å². The van der Waals surface area contributed by atoms with Crippen molar-refractivity contribution < 1.29 is 13.2 Å². The van der Waals surface area contributed by atoms with E-state index in [-0.39, 0.29) is 5.52 Å². The van der Waals surface area contributed by atoms with Gasteiger partial charge in [0.2, 0.25) is 0 Å². The first-order chi connectivity index (χ1) is 15.5. The summed E-state index contributed by atoms with van der Waals surface area (Å²) < 4.78 is 42.7. The molecule has 0 unspecified atom stereocenters. The molecule has 0 atom stereocenters. The molecular formula is C27H18F3N2. The van der Waals surface area contributed by atoms with Crippen LogP contribution in [-0.2, 0) is 12.7 Å². The molecular weight excluding hydrogens is 409 g/mol. The third-order valence-corrected chi connectivity index (χ3v) is 5.43. The van der Waals surface area contributed by atoms with Crippen molar-refractivity contribution in [2.24, 2.45) is 0 Å². The predicted octanol–water partition coefficient (Wildman–Crippen LogP) is 7.24. The zero-order valence-electron chi connectivity index (χ0n) is 17.0. The van der Waals surface area contributed by atoms with Crippen LogP contribution in [0.25, 0.3) is 33.3 Å². The molecule has 0 fully saturated rings. The summed E-state index contributed by atoms with van der Waals surface area (Å²) in [5.74, 6) is 0. The molecule has 4 aromatic carbocycles. The number of nitrogens with zero attached hydrogens (tertiary/aromatic N) is 2. The van der Waals surface area contributed by atoms with Crippen LogP contribution < -0.4 is 0 Å². The van der Waals surface area contributed by atoms with Crippen molar-refractivity contribution in [1.82, 2.24) is 9.78 Å². The Morgan fingerprint density at radius 2 is 1.47 bits per heavy atom. The van der Waals surface area contributed by atoms with Gasteiger partial charge in [-0.05, 0) is 28.8 Å². The summed E-state index contributed by atoms with van der Waals surface area (Å²) in [7, 11) is 0. The quantitative estimate of drug-likeness (QED) is 0.296. The van der Waals surface area contributed by atoms with Crippen LogP contribution in [0.5, 0.6) is 0 Å². The van der Waals surface area contributed by atoms with Gasteiger partial charge in [-0.15, -0.1) is 0 Å². The maximum absolute atomic E-state index is 13.7. The highest BCUT2D eigenvalue weighted by molar-refractivity contribution is 5.95. The van der Waals surface area contributed by atoms with Crippen LogP contribution in [0, 0.1) is 6.07 Å². The number of aromatic nitrogens is 2. The van der Waals surface area contributed by atoms with Crippen molar-refractivity contribution in [3.8, 4) is 22.4 Å². The monoisotopic (exact) mass is 427 g/mol. The molecule has 1 aromatic heterocycles. The lowest BCUT2D eigenvalue weighted by Crippen LogP contribution is -2.06. The summed E-state index contributed by atoms with van der Waals surface area (Å²) in [6, 6.07) is 32.5. The normalized spacial score (nSPS) is 11.7. The third-order valence-electron chi connectivity index (χ3n) is 5.43. The van der Waals surface area contributed by atoms with Crippen LogP contribution in [0.3, 0.4) is 0 Å². The van der Waals surface area contributed by atoms with E-state index in [1.165, 1.54) is 6.07 Å². The number of hydrogen-bond acceptors (Lipinski definition) is 1. The van der Waals surface area contributed by atoms with E-state index in [0.29, 0.717) is 17.6 Å². The Morgan fingerprint density at radius 1 is 0.750 bits per heavy atom. The Morgan fingerprint density at radius 3 is 2.16 bits per heavy atom. The van der Waals surface area contributed by atoms with Crippen molar-refractivity contribution in [3.63, 3.8) is 0 Å². The molecule has 5 aromatic rings. The minimum absolute atomic E-state index is 0.0357. The van der Waals surface area contributed by atoms with Crippen LogP contribution in [0.1, 0.15) is 11.1 Å². The summed E-state index contributed by atoms with van der Waals surface area (Å²) in [4.78, 5) is 0. The SMILES string of the molecule is FC(F)(F)c1cccc2c(-c3ccc(-c4[c]cccc4)cc3)n(Cc3ccccc3)nc12. The Bertz CT molecular complexity index is 1350. The molecule has 0 aliphatic heterocycles. The van der Waals surface area contributed by atoms with Crippen molar-refractivity contribution in [1.29, 1.82) is 0 Å². The third kappa shape index (κ3) is 3.78. The minimum Gasteiger partial charge on any atom is -0.259 e. The average molecular weight is 427 g/mol. The Balaban J connectivity index is 1.67. The zero-order chi connectivity index (χ0) is 22.1. The summed E-state index contributed by atoms with van der Waals surface area (Å²) in [6.07, 6.45) is -4.48. The summed E-state index contributed by atoms with van der Waals surface area (Å²) in [5.41, 5.74) is 3.63. The highest BCUT2D eigenvalue weighted by atomic mass is 19.4. The molecule has 0 N–H and O–H groups in total. The van der Waals surface area contributed by atoms with Gasteiger partial charge in [0.1, 0.15) is 5.52 Å². The standard InChI is InChI=1S/C27H18F3N2/c28-27(29,30)24-13-7-12-23-25(24)31-32(18-19-8-3-1-4-9-19)26(23)22-16-14-21(15-17-22)20-10-5-2-6-11-20/h1-10,12-17H,18H2. The molecule has 1 radical (unpaired) electrons. The number of rotatable bonds is 4. The molecule has 0 saturated carbocycles. The minimum atomic E-state index is -4.48. The Labute approximate surface area is 183 Å². The molecule has 0 bridgehead atoms. The van der Waals surface area contributed by atoms with Crippen molar-refractivity contribution in [3.05, 3.63) is 114 Å². The van der Waals surface area contributed by atoms with Crippen LogP contribution in [0.2, 0.25) is 0 Å². The number of halogens is 3. The molecule has 157 valence electrons. The van der Waals surface area contributed by atoms with E-state index in [1.54, 1.807) is 10.7 Å². The largest absolute Gasteiger partial charge is 0.418 e. The fraction of sp³-hybridized carbons (Fsp3) is 0.0741. The Hall–Kier alpha value is -3.86. The molecule has 0 aliphatic rings. The number of benzene rings is 4. The van der Waals surface area contributed by atoms with E-state index in [2.05, 4.69) is 11.2 Å². The molecule has 32 heavy (non-hydrogen) atoms. The summed E-state index contributed by atoms with van der Waals surface area (Å²) >= 11 is 0. The number of hydrogen-bond donors (Lipinski definition) is 0. The zero-order valence-corrected chi connectivity index (χ0v) is 17.0. The van der Waals surface area contributed by atoms with Crippen LogP contribution in [-0.4, -0.2) is 9.78 Å². The van der Waals surface area contributed by atoms with E-state index in [4.69, 9.17) is 0 Å². The molecule has 0 spiro atoms. The van der Waals surface area contributed by atoms with Gasteiger partial charge in [-0.3, -0.25) is 4.68 Å². The molecule has 0 aliphatic carbocycles. The molecule has 1 heterocycles. The fourth-order valence-electron chi connectivity index (χ4n) is 3.94. The number of fused-ring (bicyclic) bond motifs is 1. The van der Waals surface area contributed by atoms with Crippen molar-refractivity contribution >= 4 is 10.9 Å². The van der Waals surface area contributed by atoms with Gasteiger partial charge in [0.15, 0.2) is 0 Å². The first-order valence-corrected chi connectivity index (χ1v) is 10.2. The van der Waals surface area contributed by atoms with Gasteiger partial charge in [0.25, 0.3) is 0 Å². The van der Waals surface area contributed by atoms with E-state index < -0.39 is 11.7 Å². The highest BCUT2D eigenvalue weighted by Crippen LogP contribution is 2.38. The Kier molecular flexibility index (Phi) is 5.02. The maximum Gasteiger partial charge on any atom is 0.418 e. The smallest absolute Gasteiger partial charge is 0.259 e. The first kappa shape index (κ1) is 20.1. The second-order valence-electron chi connectivity index (χ2n) is 7.54. The number of alkyl halides is 3. The van der Waals surface area contributed by atoms with E-state index in [0.717, 1.165) is 28.3 Å². The molecule has 5 rings (SSSR count). The van der Waals surface area contributed by atoms with Crippen LogP contribution in [0.4, 0.5) is 13.2 Å². The second kappa shape index (κ2) is 8.00. The fourth-order valence-corrected chi connectivity index (χ4v) is 3.94. The predicted molar refractivity (Wildman–Crippen MR) is 120 cm³/mol. The van der Waals surface area contributed by atoms with E-state index in [1.807, 2.05) is 78.9 Å². The van der Waals surface area contributed by atoms with Crippen LogP contribution in [0.15, 0.2) is 97.1 Å². The lowest BCUT2D eigenvalue weighted by atomic mass is 10.0. The topological polar surface area (TPSA) is 17.8 Å². The highest BCUT2D eigenvalue weighted by Gasteiger charge is 2.34. The van der Waals surface area contributed by atoms with Gasteiger partial charge >= 0.3 is 6.18 Å². The van der Waals surface area contributed by atoms with Crippen molar-refractivity contribution in [2.75, 3.05) is 0 Å². The van der Waals surface area contributed by atoms with E-state index >= 15 is 0 Å². The molecule has 5 heteroatoms. The molecule has 0 amide bonds. The average Bonchev–Trinajstić information content (AvgIpc) is 3.17. The lowest BCUT2D eigenvalue weighted by Gasteiger charge is -2.10. The van der Waals surface area contributed by atoms with Gasteiger partial charge < -0.3 is 0 Å². The van der Waals surface area contributed by atoms with Crippen molar-refractivity contribution in [2.45, 2.75) is 12.7 Å². The maximum atomic E-state index is 13.7. The van der Waals surface area contributed by atoms with E-state index in [9.17, 15) is 13.2 Å². The summed E-state index contributed by atoms with van der Waals surface area (Å²) in [5, 5.41) is 4.90. The second-order valence-corrected chi connectivity index (χ2v) is 7.54. The van der Waals surface area contributed by atoms with Gasteiger partial charge in [-0.25, -0.2) is 0 Å². The van der Waals surface area contributed by atoms with Gasteiger partial charge in [0, 0.05) is 10.9 Å².